The molecule has 0 spiro atoms. The Kier molecular flexibility index (Phi) is 5.24. The van der Waals surface area contributed by atoms with Crippen LogP contribution in [0.1, 0.15) is 16.1 Å². The van der Waals surface area contributed by atoms with Crippen LogP contribution in [-0.2, 0) is 21.3 Å². The van der Waals surface area contributed by atoms with Crippen molar-refractivity contribution in [2.45, 2.75) is 11.4 Å². The number of hydrogen-bond donors (Lipinski definition) is 2. The SMILES string of the molecule is NS(=O)(=O)c1cc(C(=O)OCF)c(NCc2ccco2)cc1Cl. The predicted molar refractivity (Wildman–Crippen MR) is 80.3 cm³/mol. The molecule has 0 amide bonds. The van der Waals surface area contributed by atoms with Gasteiger partial charge in [0.15, 0.2) is 0 Å². The lowest BCUT2D eigenvalue weighted by molar-refractivity contribution is 0.0325. The number of nitrogens with one attached hydrogen (secondary N) is 1. The van der Waals surface area contributed by atoms with Gasteiger partial charge in [0.1, 0.15) is 10.7 Å². The number of carbonyl (C=O) groups excluding carboxylic acids is 1. The minimum Gasteiger partial charge on any atom is -0.467 e. The van der Waals surface area contributed by atoms with Crippen molar-refractivity contribution in [3.63, 3.8) is 0 Å². The summed E-state index contributed by atoms with van der Waals surface area (Å²) >= 11 is 5.88. The number of primary sulfonamides is 1. The molecule has 0 aliphatic heterocycles. The van der Waals surface area contributed by atoms with Crippen LogP contribution >= 0.6 is 11.6 Å². The molecule has 0 bridgehead atoms. The van der Waals surface area contributed by atoms with Gasteiger partial charge in [0, 0.05) is 0 Å². The fourth-order valence-electron chi connectivity index (χ4n) is 1.81. The van der Waals surface area contributed by atoms with Crippen LogP contribution in [0.15, 0.2) is 39.8 Å². The zero-order chi connectivity index (χ0) is 17.0. The van der Waals surface area contributed by atoms with E-state index >= 15 is 0 Å². The minimum atomic E-state index is -4.16. The highest BCUT2D eigenvalue weighted by Crippen LogP contribution is 2.29. The summed E-state index contributed by atoms with van der Waals surface area (Å²) in [5.74, 6) is -0.502. The first-order valence-electron chi connectivity index (χ1n) is 6.18. The van der Waals surface area contributed by atoms with Gasteiger partial charge in [-0.15, -0.1) is 0 Å². The van der Waals surface area contributed by atoms with Crippen LogP contribution in [0.5, 0.6) is 0 Å². The molecule has 0 saturated heterocycles. The monoisotopic (exact) mass is 362 g/mol. The number of carbonyl (C=O) groups is 1. The van der Waals surface area contributed by atoms with E-state index in [1.165, 1.54) is 12.3 Å². The fourth-order valence-corrected chi connectivity index (χ4v) is 2.91. The van der Waals surface area contributed by atoms with Crippen molar-refractivity contribution in [2.24, 2.45) is 5.14 Å². The van der Waals surface area contributed by atoms with E-state index in [9.17, 15) is 17.6 Å². The number of sulfonamides is 1. The number of esters is 1. The third-order valence-electron chi connectivity index (χ3n) is 2.82. The zero-order valence-corrected chi connectivity index (χ0v) is 13.2. The van der Waals surface area contributed by atoms with Crippen molar-refractivity contribution in [1.82, 2.24) is 0 Å². The third-order valence-corrected chi connectivity index (χ3v) is 4.19. The Morgan fingerprint density at radius 1 is 1.43 bits per heavy atom. The number of alkyl halides is 1. The summed E-state index contributed by atoms with van der Waals surface area (Å²) in [4.78, 5) is 11.3. The van der Waals surface area contributed by atoms with E-state index in [4.69, 9.17) is 21.2 Å². The summed E-state index contributed by atoms with van der Waals surface area (Å²) in [7, 11) is -4.16. The number of ether oxygens (including phenoxy) is 1. The van der Waals surface area contributed by atoms with E-state index in [2.05, 4.69) is 10.1 Å². The molecule has 0 aliphatic rings. The number of anilines is 1. The van der Waals surface area contributed by atoms with Crippen LogP contribution in [0.3, 0.4) is 0 Å². The Bertz CT molecular complexity index is 808. The maximum Gasteiger partial charge on any atom is 0.342 e. The van der Waals surface area contributed by atoms with Crippen molar-refractivity contribution in [3.05, 3.63) is 46.9 Å². The van der Waals surface area contributed by atoms with E-state index in [1.807, 2.05) is 0 Å². The van der Waals surface area contributed by atoms with Gasteiger partial charge in [-0.1, -0.05) is 11.6 Å². The van der Waals surface area contributed by atoms with Crippen LogP contribution in [-0.4, -0.2) is 21.2 Å². The highest BCUT2D eigenvalue weighted by Gasteiger charge is 2.21. The van der Waals surface area contributed by atoms with Gasteiger partial charge in [-0.3, -0.25) is 0 Å². The summed E-state index contributed by atoms with van der Waals surface area (Å²) < 4.78 is 44.6. The normalized spacial score (nSPS) is 11.3. The van der Waals surface area contributed by atoms with Crippen LogP contribution < -0.4 is 10.5 Å². The average molecular weight is 363 g/mol. The molecule has 3 N–H and O–H groups in total. The standard InChI is InChI=1S/C13H12ClFN2O5S/c14-10-5-11(17-6-8-2-1-3-21-8)9(13(18)22-7-15)4-12(10)23(16,19)20/h1-5,17H,6-7H2,(H2,16,19,20). The summed E-state index contributed by atoms with van der Waals surface area (Å²) in [6.07, 6.45) is 1.46. The van der Waals surface area contributed by atoms with Crippen LogP contribution in [0, 0.1) is 0 Å². The Balaban J connectivity index is 2.42. The topological polar surface area (TPSA) is 112 Å². The third kappa shape index (κ3) is 4.21. The minimum absolute atomic E-state index is 0.150. The first-order valence-corrected chi connectivity index (χ1v) is 8.11. The summed E-state index contributed by atoms with van der Waals surface area (Å²) in [6.45, 7) is -1.17. The van der Waals surface area contributed by atoms with E-state index < -0.39 is 27.7 Å². The molecule has 1 aromatic carbocycles. The molecule has 0 fully saturated rings. The lowest BCUT2D eigenvalue weighted by atomic mass is 10.1. The van der Waals surface area contributed by atoms with Crippen LogP contribution in [0.25, 0.3) is 0 Å². The van der Waals surface area contributed by atoms with Crippen molar-refractivity contribution in [3.8, 4) is 0 Å². The van der Waals surface area contributed by atoms with Gasteiger partial charge in [0.2, 0.25) is 16.9 Å². The molecule has 0 atom stereocenters. The second-order valence-electron chi connectivity index (χ2n) is 4.35. The Morgan fingerprint density at radius 2 is 2.17 bits per heavy atom. The molecular weight excluding hydrogens is 351 g/mol. The molecule has 10 heteroatoms. The Hall–Kier alpha value is -2.10. The maximum atomic E-state index is 12.2. The lowest BCUT2D eigenvalue weighted by Gasteiger charge is -2.13. The summed E-state index contributed by atoms with van der Waals surface area (Å²) in [6, 6.07) is 5.48. The molecular formula is C13H12ClFN2O5S. The molecule has 23 heavy (non-hydrogen) atoms. The Labute approximate surface area is 136 Å². The van der Waals surface area contributed by atoms with Crippen molar-refractivity contribution in [2.75, 3.05) is 12.2 Å². The molecule has 2 aromatic rings. The van der Waals surface area contributed by atoms with Gasteiger partial charge < -0.3 is 14.5 Å². The number of furan rings is 1. The molecule has 2 rings (SSSR count). The largest absolute Gasteiger partial charge is 0.467 e. The molecule has 1 heterocycles. The highest BCUT2D eigenvalue weighted by atomic mass is 35.5. The number of benzene rings is 1. The second-order valence-corrected chi connectivity index (χ2v) is 6.28. The van der Waals surface area contributed by atoms with Gasteiger partial charge in [-0.25, -0.2) is 22.7 Å². The van der Waals surface area contributed by atoms with Gasteiger partial charge >= 0.3 is 5.97 Å². The summed E-state index contributed by atoms with van der Waals surface area (Å²) in [5.41, 5.74) is -0.0696. The van der Waals surface area contributed by atoms with Gasteiger partial charge in [-0.2, -0.15) is 0 Å². The van der Waals surface area contributed by atoms with Crippen LogP contribution in [0.4, 0.5) is 10.1 Å². The van der Waals surface area contributed by atoms with Gasteiger partial charge in [-0.05, 0) is 24.3 Å². The van der Waals surface area contributed by atoms with E-state index in [-0.39, 0.29) is 22.8 Å². The molecule has 124 valence electrons. The van der Waals surface area contributed by atoms with Gasteiger partial charge in [0.25, 0.3) is 0 Å². The highest BCUT2D eigenvalue weighted by molar-refractivity contribution is 7.89. The molecule has 0 radical (unpaired) electrons. The van der Waals surface area contributed by atoms with E-state index in [0.29, 0.717) is 5.76 Å². The van der Waals surface area contributed by atoms with Crippen molar-refractivity contribution < 1.29 is 26.8 Å². The second kappa shape index (κ2) is 6.99. The molecule has 0 saturated carbocycles. The predicted octanol–water partition coefficient (Wildman–Crippen LogP) is 2.28. The van der Waals surface area contributed by atoms with Crippen molar-refractivity contribution >= 4 is 33.3 Å². The average Bonchev–Trinajstić information content (AvgIpc) is 2.97. The van der Waals surface area contributed by atoms with E-state index in [1.54, 1.807) is 12.1 Å². The van der Waals surface area contributed by atoms with Gasteiger partial charge in [0.05, 0.1) is 29.1 Å². The van der Waals surface area contributed by atoms with Crippen molar-refractivity contribution in [1.29, 1.82) is 0 Å². The lowest BCUT2D eigenvalue weighted by Crippen LogP contribution is -2.16. The fraction of sp³-hybridized carbons (Fsp3) is 0.154. The quantitative estimate of drug-likeness (QED) is 0.762. The molecule has 7 nitrogen and oxygen atoms in total. The summed E-state index contributed by atoms with van der Waals surface area (Å²) in [5, 5.41) is 7.68. The van der Waals surface area contributed by atoms with E-state index in [0.717, 1.165) is 6.07 Å². The zero-order valence-electron chi connectivity index (χ0n) is 11.6. The number of hydrogen-bond acceptors (Lipinski definition) is 6. The number of halogens is 2. The van der Waals surface area contributed by atoms with Crippen LogP contribution in [0.2, 0.25) is 5.02 Å². The maximum absolute atomic E-state index is 12.2. The Morgan fingerprint density at radius 3 is 2.74 bits per heavy atom. The molecule has 0 aliphatic carbocycles. The molecule has 0 unspecified atom stereocenters. The smallest absolute Gasteiger partial charge is 0.342 e. The number of rotatable bonds is 6. The number of nitrogens with two attached hydrogens (primary N) is 1. The molecule has 1 aromatic heterocycles. The first kappa shape index (κ1) is 17.3. The first-order chi connectivity index (χ1) is 10.8.